The van der Waals surface area contributed by atoms with Crippen LogP contribution in [0.2, 0.25) is 0 Å². The quantitative estimate of drug-likeness (QED) is 0.586. The fourth-order valence-corrected chi connectivity index (χ4v) is 1.85. The van der Waals surface area contributed by atoms with Gasteiger partial charge in [0.05, 0.1) is 18.5 Å². The molecule has 1 aromatic heterocycles. The molecule has 6 nitrogen and oxygen atoms in total. The van der Waals surface area contributed by atoms with Gasteiger partial charge in [-0.3, -0.25) is 0 Å². The molecule has 0 unspecified atom stereocenters. The largest absolute Gasteiger partial charge is 0.396 e. The lowest BCUT2D eigenvalue weighted by atomic mass is 10.1. The minimum Gasteiger partial charge on any atom is -0.396 e. The summed E-state index contributed by atoms with van der Waals surface area (Å²) in [5.41, 5.74) is 8.03. The fourth-order valence-electron chi connectivity index (χ4n) is 1.85. The highest BCUT2D eigenvalue weighted by molar-refractivity contribution is 5.67. The average Bonchev–Trinajstić information content (AvgIpc) is 2.49. The summed E-state index contributed by atoms with van der Waals surface area (Å²) in [6, 6.07) is 7.46. The highest BCUT2D eigenvalue weighted by Crippen LogP contribution is 2.24. The van der Waals surface area contributed by atoms with Crippen LogP contribution in [0.25, 0.3) is 11.3 Å². The van der Waals surface area contributed by atoms with Crippen molar-refractivity contribution in [2.45, 2.75) is 13.0 Å². The minimum absolute atomic E-state index is 0.0600. The van der Waals surface area contributed by atoms with Gasteiger partial charge < -0.3 is 21.3 Å². The standard InChI is InChI=1S/C14H18N4O2/c15-13-14(16-6-3-7-19)18-12(8-17-13)11-5-2-1-4-10(11)9-20/h1-2,4-5,8,19-20H,3,6-7,9H2,(H2,15,17)(H,16,18). The van der Waals surface area contributed by atoms with Crippen molar-refractivity contribution in [1.82, 2.24) is 9.97 Å². The second-order valence-electron chi connectivity index (χ2n) is 4.31. The summed E-state index contributed by atoms with van der Waals surface area (Å²) in [4.78, 5) is 8.55. The number of hydrogen-bond donors (Lipinski definition) is 4. The maximum atomic E-state index is 9.36. The van der Waals surface area contributed by atoms with Gasteiger partial charge in [-0.2, -0.15) is 0 Å². The van der Waals surface area contributed by atoms with Crippen molar-refractivity contribution in [3.8, 4) is 11.3 Å². The average molecular weight is 274 g/mol. The highest BCUT2D eigenvalue weighted by atomic mass is 16.3. The Morgan fingerprint density at radius 3 is 2.75 bits per heavy atom. The Hall–Kier alpha value is -2.18. The van der Waals surface area contributed by atoms with Crippen LogP contribution in [0.5, 0.6) is 0 Å². The number of nitrogens with zero attached hydrogens (tertiary/aromatic N) is 2. The van der Waals surface area contributed by atoms with Gasteiger partial charge in [0, 0.05) is 18.7 Å². The summed E-state index contributed by atoms with van der Waals surface area (Å²) < 4.78 is 0. The van der Waals surface area contributed by atoms with E-state index in [2.05, 4.69) is 15.3 Å². The van der Waals surface area contributed by atoms with Crippen LogP contribution >= 0.6 is 0 Å². The number of aromatic nitrogens is 2. The number of aliphatic hydroxyl groups is 2. The van der Waals surface area contributed by atoms with Gasteiger partial charge in [0.2, 0.25) is 0 Å². The molecule has 6 heteroatoms. The van der Waals surface area contributed by atoms with Crippen LogP contribution in [-0.4, -0.2) is 33.3 Å². The predicted octanol–water partition coefficient (Wildman–Crippen LogP) is 1.01. The molecule has 0 aliphatic rings. The van der Waals surface area contributed by atoms with Crippen molar-refractivity contribution >= 4 is 11.6 Å². The van der Waals surface area contributed by atoms with E-state index in [0.29, 0.717) is 30.3 Å². The molecule has 1 aromatic carbocycles. The van der Waals surface area contributed by atoms with Crippen molar-refractivity contribution in [1.29, 1.82) is 0 Å². The van der Waals surface area contributed by atoms with E-state index in [-0.39, 0.29) is 13.2 Å². The first-order valence-electron chi connectivity index (χ1n) is 6.42. The van der Waals surface area contributed by atoms with Crippen molar-refractivity contribution in [2.75, 3.05) is 24.2 Å². The molecule has 2 aromatic rings. The third kappa shape index (κ3) is 3.23. The molecular weight excluding hydrogens is 256 g/mol. The van der Waals surface area contributed by atoms with Gasteiger partial charge >= 0.3 is 0 Å². The van der Waals surface area contributed by atoms with E-state index in [9.17, 15) is 5.11 Å². The first kappa shape index (κ1) is 14.2. The molecule has 0 fully saturated rings. The Balaban J connectivity index is 2.30. The Bertz CT molecular complexity index is 575. The second-order valence-corrected chi connectivity index (χ2v) is 4.31. The molecule has 2 rings (SSSR count). The lowest BCUT2D eigenvalue weighted by molar-refractivity contribution is 0.282. The summed E-state index contributed by atoms with van der Waals surface area (Å²) in [5, 5.41) is 21.2. The molecule has 0 aliphatic heterocycles. The first-order valence-corrected chi connectivity index (χ1v) is 6.42. The molecule has 0 aliphatic carbocycles. The maximum absolute atomic E-state index is 9.36. The van der Waals surface area contributed by atoms with E-state index in [1.54, 1.807) is 6.20 Å². The van der Waals surface area contributed by atoms with Gasteiger partial charge in [0.1, 0.15) is 0 Å². The van der Waals surface area contributed by atoms with Crippen molar-refractivity contribution in [3.05, 3.63) is 36.0 Å². The molecular formula is C14H18N4O2. The smallest absolute Gasteiger partial charge is 0.169 e. The maximum Gasteiger partial charge on any atom is 0.169 e. The molecule has 0 amide bonds. The highest BCUT2D eigenvalue weighted by Gasteiger charge is 2.09. The number of hydrogen-bond acceptors (Lipinski definition) is 6. The number of aliphatic hydroxyl groups excluding tert-OH is 2. The second kappa shape index (κ2) is 6.83. The zero-order chi connectivity index (χ0) is 14.4. The normalized spacial score (nSPS) is 10.5. The van der Waals surface area contributed by atoms with Crippen molar-refractivity contribution in [3.63, 3.8) is 0 Å². The van der Waals surface area contributed by atoms with E-state index >= 15 is 0 Å². The van der Waals surface area contributed by atoms with Crippen LogP contribution in [0.1, 0.15) is 12.0 Å². The van der Waals surface area contributed by atoms with Gasteiger partial charge in [0.15, 0.2) is 11.6 Å². The minimum atomic E-state index is -0.0600. The van der Waals surface area contributed by atoms with E-state index in [0.717, 1.165) is 11.1 Å². The van der Waals surface area contributed by atoms with E-state index in [1.165, 1.54) is 0 Å². The van der Waals surface area contributed by atoms with Crippen LogP contribution in [0.3, 0.4) is 0 Å². The lowest BCUT2D eigenvalue weighted by Gasteiger charge is -2.11. The summed E-state index contributed by atoms with van der Waals surface area (Å²) in [6.45, 7) is 0.614. The Labute approximate surface area is 117 Å². The summed E-state index contributed by atoms with van der Waals surface area (Å²) in [6.07, 6.45) is 2.19. The molecule has 0 radical (unpaired) electrons. The Morgan fingerprint density at radius 1 is 1.20 bits per heavy atom. The van der Waals surface area contributed by atoms with Gasteiger partial charge in [-0.15, -0.1) is 0 Å². The first-order chi connectivity index (χ1) is 9.76. The van der Waals surface area contributed by atoms with Crippen molar-refractivity contribution < 1.29 is 10.2 Å². The third-order valence-electron chi connectivity index (χ3n) is 2.89. The van der Waals surface area contributed by atoms with Crippen LogP contribution in [0.15, 0.2) is 30.5 Å². The fraction of sp³-hybridized carbons (Fsp3) is 0.286. The van der Waals surface area contributed by atoms with E-state index < -0.39 is 0 Å². The zero-order valence-corrected chi connectivity index (χ0v) is 11.1. The van der Waals surface area contributed by atoms with Gasteiger partial charge in [-0.05, 0) is 12.0 Å². The molecule has 106 valence electrons. The number of nitrogens with two attached hydrogens (primary N) is 1. The molecule has 5 N–H and O–H groups in total. The molecule has 0 atom stereocenters. The number of anilines is 2. The number of nitrogen functional groups attached to an aromatic ring is 1. The number of nitrogens with one attached hydrogen (secondary N) is 1. The van der Waals surface area contributed by atoms with Gasteiger partial charge in [0.25, 0.3) is 0 Å². The topological polar surface area (TPSA) is 104 Å². The van der Waals surface area contributed by atoms with Gasteiger partial charge in [-0.1, -0.05) is 24.3 Å². The Kier molecular flexibility index (Phi) is 4.86. The third-order valence-corrected chi connectivity index (χ3v) is 2.89. The van der Waals surface area contributed by atoms with Crippen LogP contribution in [0, 0.1) is 0 Å². The molecule has 0 spiro atoms. The number of rotatable bonds is 6. The summed E-state index contributed by atoms with van der Waals surface area (Å²) >= 11 is 0. The van der Waals surface area contributed by atoms with Crippen LogP contribution in [0.4, 0.5) is 11.6 Å². The molecule has 1 heterocycles. The molecule has 0 saturated carbocycles. The van der Waals surface area contributed by atoms with Crippen LogP contribution < -0.4 is 11.1 Å². The molecule has 20 heavy (non-hydrogen) atoms. The summed E-state index contributed by atoms with van der Waals surface area (Å²) in [7, 11) is 0. The van der Waals surface area contributed by atoms with E-state index in [1.807, 2.05) is 24.3 Å². The van der Waals surface area contributed by atoms with Crippen molar-refractivity contribution in [2.24, 2.45) is 0 Å². The monoisotopic (exact) mass is 274 g/mol. The lowest BCUT2D eigenvalue weighted by Crippen LogP contribution is -2.09. The zero-order valence-electron chi connectivity index (χ0n) is 11.1. The SMILES string of the molecule is Nc1ncc(-c2ccccc2CO)nc1NCCCO. The number of benzene rings is 1. The van der Waals surface area contributed by atoms with Crippen LogP contribution in [-0.2, 0) is 6.61 Å². The predicted molar refractivity (Wildman–Crippen MR) is 78.0 cm³/mol. The molecule has 0 saturated heterocycles. The van der Waals surface area contributed by atoms with E-state index in [4.69, 9.17) is 10.8 Å². The van der Waals surface area contributed by atoms with Gasteiger partial charge in [-0.25, -0.2) is 9.97 Å². The Morgan fingerprint density at radius 2 is 2.00 bits per heavy atom. The molecule has 0 bridgehead atoms. The summed E-state index contributed by atoms with van der Waals surface area (Å²) in [5.74, 6) is 0.803.